The van der Waals surface area contributed by atoms with E-state index in [9.17, 15) is 16.7 Å². The fourth-order valence-corrected chi connectivity index (χ4v) is 0.861. The number of carboxylic acid groups (broad SMARTS) is 1. The summed E-state index contributed by atoms with van der Waals surface area (Å²) in [6.45, 7) is 0. The Morgan fingerprint density at radius 3 is 1.64 bits per heavy atom. The van der Waals surface area contributed by atoms with Crippen LogP contribution in [0.2, 0.25) is 5.21 Å². The summed E-state index contributed by atoms with van der Waals surface area (Å²) >= 11 is -5.36. The molecule has 0 rings (SSSR count). The normalized spacial score (nSPS) is 8.18. The van der Waals surface area contributed by atoms with Crippen molar-refractivity contribution < 1.29 is 86.4 Å². The number of rotatable bonds is 2. The van der Waals surface area contributed by atoms with Gasteiger partial charge in [0.15, 0.2) is 0 Å². The summed E-state index contributed by atoms with van der Waals surface area (Å²) in [7, 11) is 0. The van der Waals surface area contributed by atoms with Gasteiger partial charge in [-0.15, -0.1) is 0 Å². The average molecular weight is 246 g/mol. The third-order valence-electron chi connectivity index (χ3n) is 0.329. The number of aliphatic carboxylic acids is 1. The smallest absolute Gasteiger partial charge is 1.00 e. The monoisotopic (exact) mass is 246 g/mol. The van der Waals surface area contributed by atoms with Gasteiger partial charge in [0, 0.05) is 0 Å². The molecule has 56 valence electrons. The van der Waals surface area contributed by atoms with E-state index in [1.54, 1.807) is 0 Å². The van der Waals surface area contributed by atoms with E-state index < -0.39 is 25.4 Å². The van der Waals surface area contributed by atoms with Gasteiger partial charge in [-0.3, -0.25) is 0 Å². The Kier molecular flexibility index (Phi) is 20.5. The number of hydrogen-bond acceptors (Lipinski definition) is 4. The first-order valence-corrected chi connectivity index (χ1v) is 5.27. The number of hydrogen-bond donors (Lipinski definition) is 1. The Morgan fingerprint density at radius 2 is 1.64 bits per heavy atom. The van der Waals surface area contributed by atoms with Crippen molar-refractivity contribution in [2.75, 3.05) is 0 Å². The summed E-state index contributed by atoms with van der Waals surface area (Å²) in [5, 5.41) is 6.44. The molecule has 0 atom stereocenters. The third-order valence-corrected chi connectivity index (χ3v) is 1.71. The summed E-state index contributed by atoms with van der Waals surface area (Å²) < 4.78 is 28.8. The van der Waals surface area contributed by atoms with Gasteiger partial charge in [-0.2, -0.15) is 0 Å². The molecule has 6 nitrogen and oxygen atoms in total. The van der Waals surface area contributed by atoms with Crippen LogP contribution in [0.1, 0.15) is 0 Å². The molecule has 0 unspecified atom stereocenters. The van der Waals surface area contributed by atoms with Crippen LogP contribution in [0.15, 0.2) is 0 Å². The topological polar surface area (TPSA) is 132 Å². The van der Waals surface area contributed by atoms with Crippen molar-refractivity contribution in [1.82, 2.24) is 0 Å². The van der Waals surface area contributed by atoms with Crippen molar-refractivity contribution >= 4 is 20.1 Å². The fraction of sp³-hybridized carbons (Fsp3) is 0.500. The maximum atomic E-state index is 9.59. The van der Waals surface area contributed by atoms with Gasteiger partial charge >= 0.3 is 106 Å². The molecule has 11 heavy (non-hydrogen) atoms. The van der Waals surface area contributed by atoms with Crippen LogP contribution in [0, 0.1) is 0 Å². The van der Waals surface area contributed by atoms with Gasteiger partial charge in [0.05, 0.1) is 0 Å². The molecule has 0 saturated carbocycles. The second-order valence-corrected chi connectivity index (χ2v) is 4.39. The van der Waals surface area contributed by atoms with Crippen LogP contribution in [0.5, 0.6) is 0 Å². The van der Waals surface area contributed by atoms with E-state index in [0.717, 1.165) is 0 Å². The van der Waals surface area contributed by atoms with Gasteiger partial charge in [0.2, 0.25) is 0 Å². The van der Waals surface area contributed by atoms with Crippen molar-refractivity contribution in [3.63, 3.8) is 0 Å². The molecular formula is C2H5AsNa2O6. The Labute approximate surface area is 110 Å². The van der Waals surface area contributed by atoms with E-state index in [1.165, 1.54) is 0 Å². The molecule has 0 aliphatic heterocycles. The van der Waals surface area contributed by atoms with Crippen LogP contribution in [-0.4, -0.2) is 30.7 Å². The van der Waals surface area contributed by atoms with Crippen LogP contribution >= 0.6 is 0 Å². The van der Waals surface area contributed by atoms with Crippen molar-refractivity contribution in [3.05, 3.63) is 0 Å². The van der Waals surface area contributed by atoms with E-state index in [2.05, 4.69) is 0 Å². The second-order valence-electron chi connectivity index (χ2n) is 1.16. The molecule has 0 fully saturated rings. The molecule has 0 radical (unpaired) electrons. The van der Waals surface area contributed by atoms with E-state index in [0.29, 0.717) is 0 Å². The molecule has 0 aromatic heterocycles. The van der Waals surface area contributed by atoms with E-state index >= 15 is 0 Å². The van der Waals surface area contributed by atoms with Crippen LogP contribution in [0.4, 0.5) is 0 Å². The third kappa shape index (κ3) is 24.5. The Morgan fingerprint density at radius 1 is 1.36 bits per heavy atom. The van der Waals surface area contributed by atoms with Crippen molar-refractivity contribution in [2.45, 2.75) is 5.21 Å². The molecule has 0 saturated heterocycles. The molecule has 0 heterocycles. The van der Waals surface area contributed by atoms with Gasteiger partial charge in [-0.1, -0.05) is 0 Å². The Hall–Kier alpha value is 1.71. The van der Waals surface area contributed by atoms with Gasteiger partial charge in [-0.05, 0) is 0 Å². The quantitative estimate of drug-likeness (QED) is 0.483. The average Bonchev–Trinajstić information content (AvgIpc) is 1.21. The molecule has 0 aromatic rings. The first kappa shape index (κ1) is 23.0. The fourth-order valence-electron chi connectivity index (χ4n) is 0.166. The first-order chi connectivity index (χ1) is 3.42. The molecule has 0 aromatic carbocycles. The minimum atomic E-state index is -5.36. The zero-order valence-electron chi connectivity index (χ0n) is 6.23. The zero-order valence-corrected chi connectivity index (χ0v) is 12.1. The summed E-state index contributed by atoms with van der Waals surface area (Å²) in [6, 6.07) is 0. The van der Waals surface area contributed by atoms with Crippen LogP contribution in [0.25, 0.3) is 0 Å². The second kappa shape index (κ2) is 9.79. The van der Waals surface area contributed by atoms with Crippen molar-refractivity contribution in [1.29, 1.82) is 0 Å². The van der Waals surface area contributed by atoms with Crippen molar-refractivity contribution in [3.8, 4) is 0 Å². The Bertz CT molecular complexity index is 142. The summed E-state index contributed by atoms with van der Waals surface area (Å²) in [5.74, 6) is -1.59. The molecule has 9 heteroatoms. The van der Waals surface area contributed by atoms with Gasteiger partial charge in [0.25, 0.3) is 0 Å². The molecule has 0 aliphatic rings. The van der Waals surface area contributed by atoms with Gasteiger partial charge in [-0.25, -0.2) is 0 Å². The van der Waals surface area contributed by atoms with E-state index in [4.69, 9.17) is 5.11 Å². The predicted octanol–water partition coefficient (Wildman–Crippen LogP) is -9.66. The molecule has 0 aliphatic carbocycles. The minimum Gasteiger partial charge on any atom is 1.00 e. The maximum Gasteiger partial charge on any atom is 1.00 e. The van der Waals surface area contributed by atoms with E-state index in [1.807, 2.05) is 0 Å². The molecule has 0 spiro atoms. The zero-order chi connectivity index (χ0) is 6.78. The molecule has 3 N–H and O–H groups in total. The van der Waals surface area contributed by atoms with Crippen molar-refractivity contribution in [2.24, 2.45) is 0 Å². The van der Waals surface area contributed by atoms with Crippen LogP contribution < -0.4 is 67.3 Å². The minimum absolute atomic E-state index is 0. The number of carboxylic acids is 1. The van der Waals surface area contributed by atoms with Gasteiger partial charge < -0.3 is 5.48 Å². The molecule has 0 bridgehead atoms. The summed E-state index contributed by atoms with van der Waals surface area (Å²) in [6.07, 6.45) is 0. The van der Waals surface area contributed by atoms with E-state index in [-0.39, 0.29) is 64.6 Å². The summed E-state index contributed by atoms with van der Waals surface area (Å²) in [5.41, 5.74) is 0. The molecular weight excluding hydrogens is 241 g/mol. The molecule has 0 amide bonds. The standard InChI is InChI=1S/C2H5AsO5.2Na.H2O/c4-2(5)1-3(6,7)8;;;/h1H2,(H,4,5)(H2,6,7,8);;;1H2/q;2*+1;/p-2. The maximum absolute atomic E-state index is 9.59. The predicted molar refractivity (Wildman–Crippen MR) is 22.5 cm³/mol. The summed E-state index contributed by atoms with van der Waals surface area (Å²) in [4.78, 5) is 9.46. The van der Waals surface area contributed by atoms with Gasteiger partial charge in [0.1, 0.15) is 0 Å². The first-order valence-electron chi connectivity index (χ1n) is 1.65. The number of carbonyl (C=O) groups is 1. The van der Waals surface area contributed by atoms with Crippen LogP contribution in [-0.2, 0) is 8.53 Å². The SMILES string of the molecule is O.O=C(O)C[As](=O)([O-])[O-].[Na+].[Na+]. The largest absolute Gasteiger partial charge is 1.00 e. The Balaban J connectivity index is -0.0000000817. The van der Waals surface area contributed by atoms with Crippen LogP contribution in [0.3, 0.4) is 0 Å².